The molecule has 2 N–H and O–H groups in total. The number of aryl methyl sites for hydroxylation is 1. The van der Waals surface area contributed by atoms with E-state index >= 15 is 0 Å². The van der Waals surface area contributed by atoms with Crippen molar-refractivity contribution in [2.75, 3.05) is 11.4 Å². The van der Waals surface area contributed by atoms with Crippen LogP contribution in [0.1, 0.15) is 50.7 Å². The zero-order valence-electron chi connectivity index (χ0n) is 25.2. The number of rotatable bonds is 12. The van der Waals surface area contributed by atoms with Crippen LogP contribution in [0.5, 0.6) is 0 Å². The van der Waals surface area contributed by atoms with E-state index in [1.54, 1.807) is 36.4 Å². The van der Waals surface area contributed by atoms with E-state index < -0.39 is 23.8 Å². The molecule has 0 aliphatic heterocycles. The SMILES string of the molecule is O=C(O)CC(NC(=O)c1cc(Cl)ccc1N(CCCc1ccccc1)C(=O)c1ccc(Cl)cc1Cl)c1ccc(-c2ccccc2)cc1. The molecule has 6 nitrogen and oxygen atoms in total. The number of halogens is 3. The minimum atomic E-state index is -1.08. The van der Waals surface area contributed by atoms with Gasteiger partial charge in [0.1, 0.15) is 0 Å². The van der Waals surface area contributed by atoms with E-state index in [4.69, 9.17) is 34.8 Å². The third kappa shape index (κ3) is 8.80. The van der Waals surface area contributed by atoms with Gasteiger partial charge in [0.25, 0.3) is 11.8 Å². The van der Waals surface area contributed by atoms with Crippen LogP contribution in [0.4, 0.5) is 5.69 Å². The summed E-state index contributed by atoms with van der Waals surface area (Å²) in [5.41, 5.74) is 4.34. The third-order valence-electron chi connectivity index (χ3n) is 7.69. The van der Waals surface area contributed by atoms with Gasteiger partial charge in [0, 0.05) is 16.6 Å². The van der Waals surface area contributed by atoms with E-state index in [2.05, 4.69) is 5.32 Å². The molecule has 0 aromatic heterocycles. The van der Waals surface area contributed by atoms with Crippen molar-refractivity contribution in [2.45, 2.75) is 25.3 Å². The van der Waals surface area contributed by atoms with Crippen molar-refractivity contribution < 1.29 is 19.5 Å². The molecule has 0 heterocycles. The normalized spacial score (nSPS) is 11.5. The maximum absolute atomic E-state index is 14.1. The maximum atomic E-state index is 14.1. The number of carboxylic acids is 1. The summed E-state index contributed by atoms with van der Waals surface area (Å²) in [7, 11) is 0. The minimum absolute atomic E-state index is 0.118. The van der Waals surface area contributed by atoms with Crippen LogP contribution < -0.4 is 10.2 Å². The van der Waals surface area contributed by atoms with Crippen LogP contribution in [0.2, 0.25) is 15.1 Å². The van der Waals surface area contributed by atoms with Gasteiger partial charge in [0.05, 0.1) is 34.3 Å². The minimum Gasteiger partial charge on any atom is -0.481 e. The monoisotopic (exact) mass is 684 g/mol. The Morgan fingerprint density at radius 2 is 1.32 bits per heavy atom. The van der Waals surface area contributed by atoms with E-state index in [1.807, 2.05) is 72.8 Å². The molecule has 238 valence electrons. The van der Waals surface area contributed by atoms with E-state index in [9.17, 15) is 19.5 Å². The maximum Gasteiger partial charge on any atom is 0.305 e. The lowest BCUT2D eigenvalue weighted by Crippen LogP contribution is -2.36. The van der Waals surface area contributed by atoms with Gasteiger partial charge in [-0.15, -0.1) is 0 Å². The fourth-order valence-electron chi connectivity index (χ4n) is 5.35. The number of aliphatic carboxylic acids is 1. The van der Waals surface area contributed by atoms with Crippen LogP contribution in [0, 0.1) is 0 Å². The summed E-state index contributed by atoms with van der Waals surface area (Å²) in [4.78, 5) is 41.5. The Bertz CT molecular complexity index is 1870. The highest BCUT2D eigenvalue weighted by molar-refractivity contribution is 6.37. The number of hydrogen-bond acceptors (Lipinski definition) is 3. The van der Waals surface area contributed by atoms with Gasteiger partial charge < -0.3 is 15.3 Å². The molecule has 5 rings (SSSR count). The summed E-state index contributed by atoms with van der Waals surface area (Å²) < 4.78 is 0. The summed E-state index contributed by atoms with van der Waals surface area (Å²) in [6.45, 7) is 0.258. The lowest BCUT2D eigenvalue weighted by molar-refractivity contribution is -0.137. The second-order valence-electron chi connectivity index (χ2n) is 10.9. The topological polar surface area (TPSA) is 86.7 Å². The molecule has 0 saturated carbocycles. The van der Waals surface area contributed by atoms with Crippen LogP contribution >= 0.6 is 34.8 Å². The predicted octanol–water partition coefficient (Wildman–Crippen LogP) is 9.54. The molecular weight excluding hydrogens is 655 g/mol. The molecule has 2 amide bonds. The number of nitrogens with zero attached hydrogens (tertiary/aromatic N) is 1. The van der Waals surface area contributed by atoms with E-state index in [0.717, 1.165) is 16.7 Å². The average molecular weight is 686 g/mol. The number of carbonyl (C=O) groups is 3. The van der Waals surface area contributed by atoms with Gasteiger partial charge in [0.15, 0.2) is 0 Å². The molecule has 5 aromatic rings. The van der Waals surface area contributed by atoms with Gasteiger partial charge in [-0.3, -0.25) is 14.4 Å². The summed E-state index contributed by atoms with van der Waals surface area (Å²) in [6, 6.07) is 35.5. The van der Waals surface area contributed by atoms with Crippen molar-refractivity contribution in [3.05, 3.63) is 159 Å². The van der Waals surface area contributed by atoms with E-state index in [0.29, 0.717) is 29.1 Å². The number of nitrogens with one attached hydrogen (secondary N) is 1. The van der Waals surface area contributed by atoms with Crippen molar-refractivity contribution in [2.24, 2.45) is 0 Å². The molecule has 0 aliphatic rings. The Balaban J connectivity index is 1.47. The van der Waals surface area contributed by atoms with Crippen molar-refractivity contribution in [1.82, 2.24) is 5.32 Å². The summed E-state index contributed by atoms with van der Waals surface area (Å²) >= 11 is 19.0. The average Bonchev–Trinajstić information content (AvgIpc) is 3.07. The summed E-state index contributed by atoms with van der Waals surface area (Å²) in [5.74, 6) is -2.08. The van der Waals surface area contributed by atoms with E-state index in [-0.39, 0.29) is 34.1 Å². The van der Waals surface area contributed by atoms with Crippen molar-refractivity contribution in [3.8, 4) is 11.1 Å². The van der Waals surface area contributed by atoms with Crippen LogP contribution in [0.15, 0.2) is 121 Å². The van der Waals surface area contributed by atoms with Gasteiger partial charge in [-0.1, -0.05) is 120 Å². The van der Waals surface area contributed by atoms with Crippen LogP contribution in [0.25, 0.3) is 11.1 Å². The Hall–Kier alpha value is -4.62. The van der Waals surface area contributed by atoms with Crippen molar-refractivity contribution in [1.29, 1.82) is 0 Å². The van der Waals surface area contributed by atoms with Gasteiger partial charge in [-0.25, -0.2) is 0 Å². The first-order valence-electron chi connectivity index (χ1n) is 15.0. The molecule has 0 bridgehead atoms. The van der Waals surface area contributed by atoms with Gasteiger partial charge >= 0.3 is 5.97 Å². The van der Waals surface area contributed by atoms with Crippen molar-refractivity contribution in [3.63, 3.8) is 0 Å². The largest absolute Gasteiger partial charge is 0.481 e. The molecule has 0 saturated heterocycles. The Morgan fingerprint density at radius 1 is 0.702 bits per heavy atom. The molecular formula is C38H31Cl3N2O4. The summed E-state index contributed by atoms with van der Waals surface area (Å²) in [5, 5.41) is 13.5. The first-order valence-corrected chi connectivity index (χ1v) is 16.1. The number of carbonyl (C=O) groups excluding carboxylic acids is 2. The van der Waals surface area contributed by atoms with Crippen LogP contribution in [0.3, 0.4) is 0 Å². The third-order valence-corrected chi connectivity index (χ3v) is 8.48. The number of amides is 2. The molecule has 5 aromatic carbocycles. The highest BCUT2D eigenvalue weighted by Crippen LogP contribution is 2.31. The second-order valence-corrected chi connectivity index (χ2v) is 12.2. The zero-order valence-corrected chi connectivity index (χ0v) is 27.5. The van der Waals surface area contributed by atoms with Crippen LogP contribution in [-0.4, -0.2) is 29.4 Å². The van der Waals surface area contributed by atoms with Crippen LogP contribution in [-0.2, 0) is 11.2 Å². The molecule has 0 spiro atoms. The fourth-order valence-corrected chi connectivity index (χ4v) is 6.01. The second kappa shape index (κ2) is 15.8. The molecule has 47 heavy (non-hydrogen) atoms. The zero-order chi connectivity index (χ0) is 33.3. The Labute approximate surface area is 288 Å². The first kappa shape index (κ1) is 33.7. The number of hydrogen-bond donors (Lipinski definition) is 2. The molecule has 0 fully saturated rings. The van der Waals surface area contributed by atoms with Crippen molar-refractivity contribution >= 4 is 58.3 Å². The molecule has 0 radical (unpaired) electrons. The molecule has 0 aliphatic carbocycles. The van der Waals surface area contributed by atoms with Gasteiger partial charge in [-0.2, -0.15) is 0 Å². The smallest absolute Gasteiger partial charge is 0.305 e. The first-order chi connectivity index (χ1) is 22.7. The lowest BCUT2D eigenvalue weighted by Gasteiger charge is -2.27. The van der Waals surface area contributed by atoms with Gasteiger partial charge in [0.2, 0.25) is 0 Å². The quantitative estimate of drug-likeness (QED) is 0.137. The highest BCUT2D eigenvalue weighted by Gasteiger charge is 2.27. The standard InChI is InChI=1S/C38H31Cl3N2O4/c39-29-18-20-35(43(21-7-10-25-8-3-1-4-9-25)38(47)31-19-17-30(40)23-33(31)41)32(22-29)37(46)42-34(24-36(44)45)28-15-13-27(14-16-28)26-11-5-2-6-12-26/h1-6,8-9,11-20,22-23,34H,7,10,21,24H2,(H,42,46)(H,44,45). The fraction of sp³-hybridized carbons (Fsp3) is 0.132. The molecule has 1 atom stereocenters. The van der Waals surface area contributed by atoms with Gasteiger partial charge in [-0.05, 0) is 71.5 Å². The van der Waals surface area contributed by atoms with E-state index in [1.165, 1.54) is 17.0 Å². The molecule has 1 unspecified atom stereocenters. The molecule has 9 heteroatoms. The summed E-state index contributed by atoms with van der Waals surface area (Å²) in [6.07, 6.45) is 0.917. The number of benzene rings is 5. The lowest BCUT2D eigenvalue weighted by atomic mass is 9.98. The highest BCUT2D eigenvalue weighted by atomic mass is 35.5. The number of carboxylic acid groups (broad SMARTS) is 1. The predicted molar refractivity (Wildman–Crippen MR) is 189 cm³/mol. The Morgan fingerprint density at radius 3 is 1.98 bits per heavy atom. The Kier molecular flexibility index (Phi) is 11.3. The number of anilines is 1.